The number of halogens is 4. The van der Waals surface area contributed by atoms with Crippen LogP contribution in [0.4, 0.5) is 19.1 Å². The van der Waals surface area contributed by atoms with E-state index in [-0.39, 0.29) is 33.7 Å². The van der Waals surface area contributed by atoms with Gasteiger partial charge in [0.2, 0.25) is 11.9 Å². The summed E-state index contributed by atoms with van der Waals surface area (Å²) in [6.07, 6.45) is -3.07. The molecule has 0 unspecified atom stereocenters. The molecule has 4 N–H and O–H groups in total. The summed E-state index contributed by atoms with van der Waals surface area (Å²) in [6.45, 7) is -0.0211. The first-order chi connectivity index (χ1) is 15.5. The number of carbonyl (C=O) groups excluding carboxylic acids is 1. The van der Waals surface area contributed by atoms with Gasteiger partial charge in [-0.05, 0) is 42.0 Å². The molecule has 0 bridgehead atoms. The minimum Gasteiger partial charge on any atom is -0.368 e. The van der Waals surface area contributed by atoms with Crippen molar-refractivity contribution in [3.05, 3.63) is 69.3 Å². The molecule has 2 aromatic carbocycles. The zero-order valence-corrected chi connectivity index (χ0v) is 18.1. The highest BCUT2D eigenvalue weighted by molar-refractivity contribution is 9.10. The van der Waals surface area contributed by atoms with Crippen molar-refractivity contribution in [2.24, 2.45) is 5.73 Å². The Kier molecular flexibility index (Phi) is 5.51. The molecule has 0 aliphatic heterocycles. The topological polar surface area (TPSA) is 136 Å². The van der Waals surface area contributed by atoms with Gasteiger partial charge in [0.25, 0.3) is 0 Å². The van der Waals surface area contributed by atoms with Crippen molar-refractivity contribution in [1.82, 2.24) is 19.7 Å². The van der Waals surface area contributed by atoms with Gasteiger partial charge in [0.1, 0.15) is 0 Å². The number of hydrogen-bond donors (Lipinski definition) is 2. The Morgan fingerprint density at radius 1 is 1.15 bits per heavy atom. The highest BCUT2D eigenvalue weighted by Crippen LogP contribution is 2.33. The molecule has 0 fully saturated rings. The molecule has 166 valence electrons. The summed E-state index contributed by atoms with van der Waals surface area (Å²) in [6, 6.07) is 9.84. The molecule has 8 nitrogen and oxygen atoms in total. The zero-order chi connectivity index (χ0) is 23.9. The molecule has 0 saturated heterocycles. The van der Waals surface area contributed by atoms with Crippen molar-refractivity contribution in [2.45, 2.75) is 12.7 Å². The molecule has 1 amide bonds. The summed E-state index contributed by atoms with van der Waals surface area (Å²) in [5.41, 5.74) is 12.0. The van der Waals surface area contributed by atoms with Crippen molar-refractivity contribution in [2.75, 3.05) is 5.73 Å². The van der Waals surface area contributed by atoms with E-state index in [1.54, 1.807) is 6.07 Å². The normalized spacial score (nSPS) is 11.5. The quantitative estimate of drug-likeness (QED) is 0.423. The maximum atomic E-state index is 13.2. The average molecular weight is 516 g/mol. The van der Waals surface area contributed by atoms with Crippen molar-refractivity contribution in [3.63, 3.8) is 0 Å². The number of aromatic nitrogens is 4. The second-order valence-electron chi connectivity index (χ2n) is 7.09. The second kappa shape index (κ2) is 8.18. The number of nitrogen functional groups attached to an aromatic ring is 1. The van der Waals surface area contributed by atoms with Crippen molar-refractivity contribution >= 4 is 38.8 Å². The molecule has 0 spiro atoms. The van der Waals surface area contributed by atoms with E-state index >= 15 is 0 Å². The molecule has 33 heavy (non-hydrogen) atoms. The number of nitrogens with zero attached hydrogens (tertiary/aromatic N) is 5. The number of primary amides is 1. The maximum Gasteiger partial charge on any atom is 0.416 e. The number of carbonyl (C=O) groups is 1. The van der Waals surface area contributed by atoms with Gasteiger partial charge in [-0.15, -0.1) is 0 Å². The summed E-state index contributed by atoms with van der Waals surface area (Å²) >= 11 is 3.11. The lowest BCUT2D eigenvalue weighted by atomic mass is 10.0. The summed E-state index contributed by atoms with van der Waals surface area (Å²) < 4.78 is 41.2. The molecule has 4 aromatic rings. The predicted octanol–water partition coefficient (Wildman–Crippen LogP) is 3.88. The third-order valence-corrected chi connectivity index (χ3v) is 5.21. The number of benzene rings is 2. The SMILES string of the molecule is N#Cc1cc(C(N)=O)cc(-c2nc(N)nc3c2cnn3Cc2cc(Br)cc(C(F)(F)F)c2)c1. The number of hydrogen-bond acceptors (Lipinski definition) is 6. The van der Waals surface area contributed by atoms with Gasteiger partial charge in [0, 0.05) is 15.6 Å². The molecule has 4 rings (SSSR count). The Bertz CT molecular complexity index is 1460. The van der Waals surface area contributed by atoms with E-state index in [1.807, 2.05) is 6.07 Å². The molecule has 12 heteroatoms. The fraction of sp³-hybridized carbons (Fsp3) is 0.0952. The van der Waals surface area contributed by atoms with Crippen LogP contribution in [0, 0.1) is 11.3 Å². The molecular weight excluding hydrogens is 503 g/mol. The number of rotatable bonds is 4. The minimum absolute atomic E-state index is 0.0211. The van der Waals surface area contributed by atoms with Crippen molar-refractivity contribution in [3.8, 4) is 17.3 Å². The number of anilines is 1. The van der Waals surface area contributed by atoms with E-state index in [1.165, 1.54) is 29.1 Å². The predicted molar refractivity (Wildman–Crippen MR) is 117 cm³/mol. The van der Waals surface area contributed by atoms with Gasteiger partial charge in [-0.2, -0.15) is 28.5 Å². The fourth-order valence-corrected chi connectivity index (χ4v) is 3.90. The van der Waals surface area contributed by atoms with Gasteiger partial charge in [0.15, 0.2) is 5.65 Å². The fourth-order valence-electron chi connectivity index (χ4n) is 3.36. The number of nitriles is 1. The van der Waals surface area contributed by atoms with Crippen LogP contribution in [-0.4, -0.2) is 25.7 Å². The molecule has 0 atom stereocenters. The average Bonchev–Trinajstić information content (AvgIpc) is 3.14. The van der Waals surface area contributed by atoms with Crippen LogP contribution in [0.5, 0.6) is 0 Å². The second-order valence-corrected chi connectivity index (χ2v) is 8.01. The molecule has 2 aromatic heterocycles. The summed E-state index contributed by atoms with van der Waals surface area (Å²) in [5, 5.41) is 14.0. The van der Waals surface area contributed by atoms with E-state index in [0.29, 0.717) is 22.2 Å². The number of fused-ring (bicyclic) bond motifs is 1. The summed E-state index contributed by atoms with van der Waals surface area (Å²) in [7, 11) is 0. The van der Waals surface area contributed by atoms with Crippen molar-refractivity contribution < 1.29 is 18.0 Å². The number of nitrogens with two attached hydrogens (primary N) is 2. The van der Waals surface area contributed by atoms with Crippen molar-refractivity contribution in [1.29, 1.82) is 5.26 Å². The van der Waals surface area contributed by atoms with Gasteiger partial charge in [-0.25, -0.2) is 9.67 Å². The standard InChI is InChI=1S/C21H13BrF3N7O/c22-15-4-11(3-14(6-15)21(23,24)25)9-32-19-16(8-29-32)17(30-20(28)31-19)12-1-10(7-26)2-13(5-12)18(27)33/h1-6,8H,9H2,(H2,27,33)(H2,28,30,31). The third-order valence-electron chi connectivity index (χ3n) is 4.75. The lowest BCUT2D eigenvalue weighted by molar-refractivity contribution is -0.137. The van der Waals surface area contributed by atoms with Crippen LogP contribution in [0.3, 0.4) is 0 Å². The Hall–Kier alpha value is -3.98. The van der Waals surface area contributed by atoms with Crippen LogP contribution in [0.25, 0.3) is 22.3 Å². The van der Waals surface area contributed by atoms with Crippen LogP contribution in [0.15, 0.2) is 47.1 Å². The Labute approximate surface area is 192 Å². The van der Waals surface area contributed by atoms with E-state index < -0.39 is 17.6 Å². The number of alkyl halides is 3. The summed E-state index contributed by atoms with van der Waals surface area (Å²) in [4.78, 5) is 20.1. The third kappa shape index (κ3) is 4.49. The van der Waals surface area contributed by atoms with E-state index in [0.717, 1.165) is 12.1 Å². The van der Waals surface area contributed by atoms with Crippen LogP contribution < -0.4 is 11.5 Å². The van der Waals surface area contributed by atoms with E-state index in [2.05, 4.69) is 31.0 Å². The van der Waals surface area contributed by atoms with Crippen LogP contribution in [0.2, 0.25) is 0 Å². The largest absolute Gasteiger partial charge is 0.416 e. The Morgan fingerprint density at radius 3 is 2.58 bits per heavy atom. The summed E-state index contributed by atoms with van der Waals surface area (Å²) in [5.74, 6) is -0.843. The smallest absolute Gasteiger partial charge is 0.368 e. The molecule has 2 heterocycles. The monoisotopic (exact) mass is 515 g/mol. The first-order valence-corrected chi connectivity index (χ1v) is 10.1. The van der Waals surface area contributed by atoms with Crippen LogP contribution in [-0.2, 0) is 12.7 Å². The lowest BCUT2D eigenvalue weighted by Crippen LogP contribution is -2.11. The Morgan fingerprint density at radius 2 is 1.91 bits per heavy atom. The molecule has 0 saturated carbocycles. The molecule has 0 aliphatic carbocycles. The van der Waals surface area contributed by atoms with Gasteiger partial charge in [0.05, 0.1) is 41.0 Å². The molecule has 0 aliphatic rings. The highest BCUT2D eigenvalue weighted by atomic mass is 79.9. The molecule has 0 radical (unpaired) electrons. The first-order valence-electron chi connectivity index (χ1n) is 9.26. The van der Waals surface area contributed by atoms with E-state index in [9.17, 15) is 23.2 Å². The Balaban J connectivity index is 1.84. The minimum atomic E-state index is -4.51. The first kappa shape index (κ1) is 22.2. The maximum absolute atomic E-state index is 13.2. The van der Waals surface area contributed by atoms with Gasteiger partial charge < -0.3 is 11.5 Å². The number of amides is 1. The molecular formula is C21H13BrF3N7O. The van der Waals surface area contributed by atoms with Crippen LogP contribution in [0.1, 0.15) is 27.0 Å². The van der Waals surface area contributed by atoms with Gasteiger partial charge in [-0.1, -0.05) is 15.9 Å². The lowest BCUT2D eigenvalue weighted by Gasteiger charge is -2.11. The highest BCUT2D eigenvalue weighted by Gasteiger charge is 2.31. The zero-order valence-electron chi connectivity index (χ0n) is 16.6. The van der Waals surface area contributed by atoms with E-state index in [4.69, 9.17) is 11.5 Å². The van der Waals surface area contributed by atoms with Gasteiger partial charge in [-0.3, -0.25) is 4.79 Å². The van der Waals surface area contributed by atoms with Crippen LogP contribution >= 0.6 is 15.9 Å². The van der Waals surface area contributed by atoms with Gasteiger partial charge >= 0.3 is 6.18 Å².